The summed E-state index contributed by atoms with van der Waals surface area (Å²) in [5.74, 6) is -0.001000. The average molecular weight is 331 g/mol. The summed E-state index contributed by atoms with van der Waals surface area (Å²) in [6.07, 6.45) is -0.159. The zero-order chi connectivity index (χ0) is 16.2. The highest BCUT2D eigenvalue weighted by atomic mass is 32.1. The van der Waals surface area contributed by atoms with Gasteiger partial charge < -0.3 is 14.8 Å². The minimum atomic E-state index is -0.848. The third kappa shape index (κ3) is 3.53. The predicted molar refractivity (Wildman–Crippen MR) is 86.6 cm³/mol. The van der Waals surface area contributed by atoms with Crippen molar-refractivity contribution in [2.24, 2.45) is 0 Å². The molecule has 0 saturated carbocycles. The SMILES string of the molecule is C[C@@H](OC(=O)c1cccs1)C(=O)N[C@H]1CCOc2ccccc21. The molecule has 1 N–H and O–H groups in total. The first-order chi connectivity index (χ1) is 11.1. The van der Waals surface area contributed by atoms with Crippen LogP contribution in [-0.4, -0.2) is 24.6 Å². The van der Waals surface area contributed by atoms with E-state index in [1.165, 1.54) is 11.3 Å². The lowest BCUT2D eigenvalue weighted by Crippen LogP contribution is -2.39. The topological polar surface area (TPSA) is 64.6 Å². The van der Waals surface area contributed by atoms with Gasteiger partial charge in [-0.05, 0) is 24.4 Å². The summed E-state index contributed by atoms with van der Waals surface area (Å²) in [5.41, 5.74) is 0.948. The molecule has 1 aliphatic rings. The molecule has 1 aromatic carbocycles. The number of hydrogen-bond acceptors (Lipinski definition) is 5. The molecular weight excluding hydrogens is 314 g/mol. The quantitative estimate of drug-likeness (QED) is 0.875. The van der Waals surface area contributed by atoms with Gasteiger partial charge in [0.15, 0.2) is 6.10 Å². The molecule has 2 aromatic rings. The number of carbonyl (C=O) groups is 2. The Morgan fingerprint density at radius 2 is 2.13 bits per heavy atom. The summed E-state index contributed by atoms with van der Waals surface area (Å²) in [6.45, 7) is 2.12. The zero-order valence-electron chi connectivity index (χ0n) is 12.7. The van der Waals surface area contributed by atoms with Crippen LogP contribution in [0, 0.1) is 0 Å². The standard InChI is InChI=1S/C17H17NO4S/c1-11(22-17(20)15-7-4-10-23-15)16(19)18-13-8-9-21-14-6-3-2-5-12(13)14/h2-7,10-11,13H,8-9H2,1H3,(H,18,19)/t11-,13+/m1/s1. The van der Waals surface area contributed by atoms with Gasteiger partial charge in [0.1, 0.15) is 10.6 Å². The van der Waals surface area contributed by atoms with Crippen molar-refractivity contribution in [1.29, 1.82) is 0 Å². The molecule has 1 aromatic heterocycles. The van der Waals surface area contributed by atoms with Crippen molar-refractivity contribution in [2.45, 2.75) is 25.5 Å². The van der Waals surface area contributed by atoms with Crippen molar-refractivity contribution in [3.63, 3.8) is 0 Å². The number of rotatable bonds is 4. The zero-order valence-corrected chi connectivity index (χ0v) is 13.5. The first-order valence-electron chi connectivity index (χ1n) is 7.42. The maximum Gasteiger partial charge on any atom is 0.349 e. The maximum atomic E-state index is 12.3. The van der Waals surface area contributed by atoms with Crippen LogP contribution in [0.4, 0.5) is 0 Å². The molecule has 0 bridgehead atoms. The number of benzene rings is 1. The second kappa shape index (κ2) is 6.83. The monoisotopic (exact) mass is 331 g/mol. The maximum absolute atomic E-state index is 12.3. The van der Waals surface area contributed by atoms with Crippen LogP contribution in [0.5, 0.6) is 5.75 Å². The van der Waals surface area contributed by atoms with Gasteiger partial charge in [-0.2, -0.15) is 0 Å². The van der Waals surface area contributed by atoms with Crippen LogP contribution in [0.1, 0.15) is 34.6 Å². The molecule has 23 heavy (non-hydrogen) atoms. The number of carbonyl (C=O) groups excluding carboxylic acids is 2. The Labute approximate surface area is 138 Å². The number of ether oxygens (including phenoxy) is 2. The van der Waals surface area contributed by atoms with E-state index in [1.54, 1.807) is 24.4 Å². The van der Waals surface area contributed by atoms with Crippen LogP contribution >= 0.6 is 11.3 Å². The Morgan fingerprint density at radius 3 is 2.91 bits per heavy atom. The van der Waals surface area contributed by atoms with Crippen molar-refractivity contribution in [3.8, 4) is 5.75 Å². The number of fused-ring (bicyclic) bond motifs is 1. The molecule has 0 unspecified atom stereocenters. The molecule has 5 nitrogen and oxygen atoms in total. The van der Waals surface area contributed by atoms with E-state index in [-0.39, 0.29) is 11.9 Å². The van der Waals surface area contributed by atoms with Crippen LogP contribution < -0.4 is 10.1 Å². The van der Waals surface area contributed by atoms with E-state index in [4.69, 9.17) is 9.47 Å². The fourth-order valence-corrected chi connectivity index (χ4v) is 3.05. The third-order valence-corrected chi connectivity index (χ3v) is 4.50. The number of esters is 1. The lowest BCUT2D eigenvalue weighted by Gasteiger charge is -2.27. The normalized spacial score (nSPS) is 17.5. The van der Waals surface area contributed by atoms with E-state index in [0.29, 0.717) is 17.9 Å². The van der Waals surface area contributed by atoms with Gasteiger partial charge in [-0.3, -0.25) is 4.79 Å². The second-order valence-corrected chi connectivity index (χ2v) is 6.21. The molecule has 1 aliphatic heterocycles. The van der Waals surface area contributed by atoms with Gasteiger partial charge in [0.25, 0.3) is 5.91 Å². The highest BCUT2D eigenvalue weighted by molar-refractivity contribution is 7.11. The Hall–Kier alpha value is -2.34. The summed E-state index contributed by atoms with van der Waals surface area (Å²) >= 11 is 1.29. The van der Waals surface area contributed by atoms with Crippen molar-refractivity contribution in [1.82, 2.24) is 5.32 Å². The van der Waals surface area contributed by atoms with E-state index in [1.807, 2.05) is 24.3 Å². The molecule has 0 radical (unpaired) electrons. The van der Waals surface area contributed by atoms with Crippen LogP contribution in [0.25, 0.3) is 0 Å². The molecule has 0 saturated heterocycles. The Kier molecular flexibility index (Phi) is 4.62. The molecule has 0 aliphatic carbocycles. The van der Waals surface area contributed by atoms with Crippen molar-refractivity contribution in [2.75, 3.05) is 6.61 Å². The van der Waals surface area contributed by atoms with Gasteiger partial charge in [-0.25, -0.2) is 4.79 Å². The van der Waals surface area contributed by atoms with Gasteiger partial charge >= 0.3 is 5.97 Å². The number of para-hydroxylation sites is 1. The van der Waals surface area contributed by atoms with E-state index < -0.39 is 12.1 Å². The lowest BCUT2D eigenvalue weighted by molar-refractivity contribution is -0.130. The van der Waals surface area contributed by atoms with E-state index >= 15 is 0 Å². The van der Waals surface area contributed by atoms with E-state index in [2.05, 4.69) is 5.32 Å². The number of amides is 1. The highest BCUT2D eigenvalue weighted by Gasteiger charge is 2.26. The third-order valence-electron chi connectivity index (χ3n) is 3.65. The summed E-state index contributed by atoms with van der Waals surface area (Å²) in [6, 6.07) is 10.9. The number of hydrogen-bond donors (Lipinski definition) is 1. The Balaban J connectivity index is 1.62. The highest BCUT2D eigenvalue weighted by Crippen LogP contribution is 2.31. The lowest BCUT2D eigenvalue weighted by atomic mass is 10.0. The summed E-state index contributed by atoms with van der Waals surface area (Å²) in [4.78, 5) is 24.7. The second-order valence-electron chi connectivity index (χ2n) is 5.26. The first kappa shape index (κ1) is 15.6. The molecule has 3 rings (SSSR count). The van der Waals surface area contributed by atoms with Crippen molar-refractivity contribution in [3.05, 3.63) is 52.2 Å². The van der Waals surface area contributed by atoms with Gasteiger partial charge in [-0.15, -0.1) is 11.3 Å². The molecule has 2 atom stereocenters. The molecule has 1 amide bonds. The van der Waals surface area contributed by atoms with Crippen LogP contribution in [0.15, 0.2) is 41.8 Å². The fourth-order valence-electron chi connectivity index (χ4n) is 2.45. The predicted octanol–water partition coefficient (Wildman–Crippen LogP) is 2.93. The Morgan fingerprint density at radius 1 is 1.30 bits per heavy atom. The molecule has 6 heteroatoms. The molecule has 0 spiro atoms. The van der Waals surface area contributed by atoms with Gasteiger partial charge in [0.05, 0.1) is 12.6 Å². The van der Waals surface area contributed by atoms with E-state index in [9.17, 15) is 9.59 Å². The first-order valence-corrected chi connectivity index (χ1v) is 8.29. The van der Waals surface area contributed by atoms with Crippen LogP contribution in [0.3, 0.4) is 0 Å². The van der Waals surface area contributed by atoms with Gasteiger partial charge in [0.2, 0.25) is 0 Å². The van der Waals surface area contributed by atoms with Crippen molar-refractivity contribution < 1.29 is 19.1 Å². The van der Waals surface area contributed by atoms with Crippen molar-refractivity contribution >= 4 is 23.2 Å². The number of nitrogens with one attached hydrogen (secondary N) is 1. The summed E-state index contributed by atoms with van der Waals surface area (Å²) in [5, 5.41) is 4.72. The largest absolute Gasteiger partial charge is 0.493 e. The summed E-state index contributed by atoms with van der Waals surface area (Å²) < 4.78 is 10.8. The molecular formula is C17H17NO4S. The minimum Gasteiger partial charge on any atom is -0.493 e. The summed E-state index contributed by atoms with van der Waals surface area (Å²) in [7, 11) is 0. The molecule has 2 heterocycles. The van der Waals surface area contributed by atoms with E-state index in [0.717, 1.165) is 11.3 Å². The Bertz CT molecular complexity index is 698. The van der Waals surface area contributed by atoms with Gasteiger partial charge in [-0.1, -0.05) is 24.3 Å². The molecule has 0 fully saturated rings. The van der Waals surface area contributed by atoms with Crippen LogP contribution in [0.2, 0.25) is 0 Å². The minimum absolute atomic E-state index is 0.129. The van der Waals surface area contributed by atoms with Gasteiger partial charge in [0, 0.05) is 12.0 Å². The molecule has 120 valence electrons. The average Bonchev–Trinajstić information content (AvgIpc) is 3.09. The van der Waals surface area contributed by atoms with Crippen LogP contribution in [-0.2, 0) is 9.53 Å². The fraction of sp³-hybridized carbons (Fsp3) is 0.294. The number of thiophene rings is 1. The smallest absolute Gasteiger partial charge is 0.349 e.